The van der Waals surface area contributed by atoms with Gasteiger partial charge in [0.15, 0.2) is 0 Å². The van der Waals surface area contributed by atoms with Gasteiger partial charge < -0.3 is 7.96 Å². The number of pyridine rings is 1. The van der Waals surface area contributed by atoms with Crippen LogP contribution in [-0.4, -0.2) is 47.2 Å². The van der Waals surface area contributed by atoms with E-state index in [-0.39, 0.29) is 144 Å². The van der Waals surface area contributed by atoms with Gasteiger partial charge in [0.05, 0.1) is 32.5 Å². The summed E-state index contributed by atoms with van der Waals surface area (Å²) in [5.41, 5.74) is -0.186. The van der Waals surface area contributed by atoms with Gasteiger partial charge in [0.2, 0.25) is 5.88 Å². The average molecular weight is 677 g/mol. The Hall–Kier alpha value is -1.61. The van der Waals surface area contributed by atoms with E-state index in [1.54, 1.807) is 13.0 Å². The Labute approximate surface area is 334 Å². The molecule has 1 aliphatic rings. The molecule has 3 aromatic rings. The van der Waals surface area contributed by atoms with Crippen molar-refractivity contribution in [1.82, 2.24) is 4.57 Å². The number of hydrazone groups is 1. The van der Waals surface area contributed by atoms with Gasteiger partial charge in [-0.05, 0) is 80.1 Å². The molecule has 43 heavy (non-hydrogen) atoms. The summed E-state index contributed by atoms with van der Waals surface area (Å²) in [6, 6.07) is 11.0. The van der Waals surface area contributed by atoms with Crippen molar-refractivity contribution in [2.24, 2.45) is 5.10 Å². The van der Waals surface area contributed by atoms with Gasteiger partial charge in [0.25, 0.3) is 31.7 Å². The van der Waals surface area contributed by atoms with Gasteiger partial charge in [-0.15, -0.1) is 0 Å². The molecule has 3 N–H and O–H groups in total. The minimum atomic E-state index is -4.50. The summed E-state index contributed by atoms with van der Waals surface area (Å²) < 4.78 is 64.4. The fourth-order valence-electron chi connectivity index (χ4n) is 4.01. The molecule has 0 atom stereocenters. The molecule has 0 saturated heterocycles. The first-order valence-electron chi connectivity index (χ1n) is 11.5. The monoisotopic (exact) mass is 676 g/mol. The summed E-state index contributed by atoms with van der Waals surface area (Å²) in [6.07, 6.45) is 4.16. The summed E-state index contributed by atoms with van der Waals surface area (Å²) in [5.74, 6) is -1.11. The number of hydrogen-bond donors (Lipinski definition) is 3. The molecule has 0 unspecified atom stereocenters. The number of carbonyl (C=O) groups is 1. The number of allylic oxidation sites excluding steroid dienone is 2. The summed E-state index contributed by atoms with van der Waals surface area (Å²) in [7, 11) is -8.92. The van der Waals surface area contributed by atoms with Crippen LogP contribution in [0.15, 0.2) is 85.9 Å². The topological polar surface area (TPSA) is 207 Å². The fourth-order valence-corrected chi connectivity index (χ4v) is 4.97. The Morgan fingerprint density at radius 3 is 1.84 bits per heavy atom. The summed E-state index contributed by atoms with van der Waals surface area (Å²) >= 11 is 0. The van der Waals surface area contributed by atoms with Gasteiger partial charge in [0, 0.05) is 5.56 Å². The van der Waals surface area contributed by atoms with Crippen LogP contribution < -0.4 is 113 Å². The third-order valence-corrected chi connectivity index (χ3v) is 7.86. The zero-order chi connectivity index (χ0) is 30.3. The largest absolute Gasteiger partial charge is 1.00 e. The predicted molar refractivity (Wildman–Crippen MR) is 149 cm³/mol. The van der Waals surface area contributed by atoms with Crippen LogP contribution in [0.2, 0.25) is 0 Å². The predicted octanol–water partition coefficient (Wildman–Crippen LogP) is -3.19. The third kappa shape index (κ3) is 7.98. The summed E-state index contributed by atoms with van der Waals surface area (Å²) in [4.78, 5) is 25.2. The SMILES string of the molecule is CC1=NN(c2ccc(S(=O)(=O)O)cc2)C(=O)C1=CC=Cc1c(C)c(C#N)c(=O)n(-c2ccc(S(=O)(=O)O)cc2)c1O.[H-].[H-].[K+].[K+]. The van der Waals surface area contributed by atoms with Crippen LogP contribution in [0.25, 0.3) is 11.8 Å². The van der Waals surface area contributed by atoms with Gasteiger partial charge in [-0.1, -0.05) is 6.08 Å². The molecule has 2 heterocycles. The first-order valence-corrected chi connectivity index (χ1v) is 14.4. The molecule has 1 aliphatic heterocycles. The fraction of sp³-hybridized carbons (Fsp3) is 0.0769. The number of aromatic nitrogens is 1. The number of rotatable bonds is 6. The second kappa shape index (κ2) is 14.7. The summed E-state index contributed by atoms with van der Waals surface area (Å²) in [5, 5.41) is 25.8. The molecule has 0 aliphatic carbocycles. The Kier molecular flexibility index (Phi) is 12.8. The zero-order valence-corrected chi connectivity index (χ0v) is 31.1. The van der Waals surface area contributed by atoms with Crippen molar-refractivity contribution in [3.05, 3.63) is 93.3 Å². The molecule has 214 valence electrons. The minimum Gasteiger partial charge on any atom is -1.00 e. The normalized spacial score (nSPS) is 14.3. The molecule has 0 fully saturated rings. The van der Waals surface area contributed by atoms with Crippen LogP contribution >= 0.6 is 0 Å². The van der Waals surface area contributed by atoms with E-state index < -0.39 is 42.5 Å². The average Bonchev–Trinajstić information content (AvgIpc) is 3.18. The van der Waals surface area contributed by atoms with Gasteiger partial charge in [0.1, 0.15) is 11.6 Å². The van der Waals surface area contributed by atoms with E-state index in [9.17, 15) is 41.3 Å². The van der Waals surface area contributed by atoms with Crippen LogP contribution in [0.1, 0.15) is 26.5 Å². The number of aromatic hydroxyl groups is 1. The van der Waals surface area contributed by atoms with Crippen molar-refractivity contribution in [1.29, 1.82) is 5.26 Å². The van der Waals surface area contributed by atoms with Crippen molar-refractivity contribution in [2.45, 2.75) is 23.6 Å². The Bertz CT molecular complexity index is 2020. The molecular formula is C26H22K2N4O9S2. The number of carbonyl (C=O) groups excluding carboxylic acids is 1. The van der Waals surface area contributed by atoms with Crippen LogP contribution in [0.4, 0.5) is 5.69 Å². The number of anilines is 1. The standard InChI is InChI=1S/C26H20N4O9S2.2K.2H/c1-15-21(24(31)29(25(32)23(15)14-27)17-6-10-19(11-7-17)40(34,35)36)4-3-5-22-16(2)28-30(26(22)33)18-8-12-20(13-9-18)41(37,38)39;;;;/h3-13,31H,1-2H3,(H,34,35,36)(H,37,38,39);;;;/q;2*+1;2*-1. The van der Waals surface area contributed by atoms with Gasteiger partial charge in [-0.2, -0.15) is 32.2 Å². The van der Waals surface area contributed by atoms with Crippen molar-refractivity contribution in [2.75, 3.05) is 5.01 Å². The molecule has 4 rings (SSSR count). The van der Waals surface area contributed by atoms with E-state index in [0.717, 1.165) is 33.8 Å². The van der Waals surface area contributed by atoms with Gasteiger partial charge in [-0.25, -0.2) is 4.57 Å². The van der Waals surface area contributed by atoms with Crippen molar-refractivity contribution < 1.29 is 141 Å². The molecule has 17 heteroatoms. The maximum absolute atomic E-state index is 13.0. The van der Waals surface area contributed by atoms with E-state index in [2.05, 4.69) is 5.10 Å². The molecule has 13 nitrogen and oxygen atoms in total. The van der Waals surface area contributed by atoms with Crippen LogP contribution in [0.3, 0.4) is 0 Å². The van der Waals surface area contributed by atoms with Crippen molar-refractivity contribution in [3.8, 4) is 17.6 Å². The van der Waals surface area contributed by atoms with E-state index in [4.69, 9.17) is 4.55 Å². The minimum absolute atomic E-state index is 0. The van der Waals surface area contributed by atoms with E-state index in [0.29, 0.717) is 5.71 Å². The van der Waals surface area contributed by atoms with Crippen molar-refractivity contribution >= 4 is 43.6 Å². The maximum atomic E-state index is 13.0. The number of hydrogen-bond acceptors (Lipinski definition) is 9. The van der Waals surface area contributed by atoms with Crippen LogP contribution in [0.5, 0.6) is 5.88 Å². The number of nitriles is 1. The summed E-state index contributed by atoms with van der Waals surface area (Å²) in [6.45, 7) is 3.01. The molecule has 0 saturated carbocycles. The Morgan fingerprint density at radius 2 is 1.37 bits per heavy atom. The Morgan fingerprint density at radius 1 is 0.884 bits per heavy atom. The molecule has 1 amide bonds. The molecule has 2 aromatic carbocycles. The van der Waals surface area contributed by atoms with Gasteiger partial charge in [-0.3, -0.25) is 18.7 Å². The molecule has 0 bridgehead atoms. The van der Waals surface area contributed by atoms with Crippen LogP contribution in [0, 0.1) is 18.3 Å². The quantitative estimate of drug-likeness (QED) is 0.135. The number of amides is 1. The third-order valence-electron chi connectivity index (χ3n) is 6.12. The molecular weight excluding hydrogens is 655 g/mol. The second-order valence-electron chi connectivity index (χ2n) is 8.67. The van der Waals surface area contributed by atoms with E-state index in [1.807, 2.05) is 0 Å². The number of benzene rings is 2. The zero-order valence-electron chi connectivity index (χ0n) is 25.2. The maximum Gasteiger partial charge on any atom is 1.00 e. The van der Waals surface area contributed by atoms with Crippen LogP contribution in [-0.2, 0) is 25.0 Å². The first kappa shape index (κ1) is 37.6. The van der Waals surface area contributed by atoms with E-state index >= 15 is 0 Å². The molecule has 0 spiro atoms. The van der Waals surface area contributed by atoms with Crippen molar-refractivity contribution in [3.63, 3.8) is 0 Å². The first-order chi connectivity index (χ1) is 19.1. The second-order valence-corrected chi connectivity index (χ2v) is 11.5. The molecule has 1 aromatic heterocycles. The Balaban J connectivity index is 0.00000484. The smallest absolute Gasteiger partial charge is 1.00 e. The molecule has 0 radical (unpaired) electrons. The van der Waals surface area contributed by atoms with Gasteiger partial charge >= 0.3 is 103 Å². The van der Waals surface area contributed by atoms with E-state index in [1.165, 1.54) is 49.4 Å². The number of nitrogens with zero attached hydrogens (tertiary/aromatic N) is 4.